The van der Waals surface area contributed by atoms with Gasteiger partial charge >= 0.3 is 0 Å². The summed E-state index contributed by atoms with van der Waals surface area (Å²) in [5.41, 5.74) is 3.53. The molecule has 0 radical (unpaired) electrons. The van der Waals surface area contributed by atoms with Gasteiger partial charge in [0.2, 0.25) is 17.7 Å². The van der Waals surface area contributed by atoms with Crippen molar-refractivity contribution in [2.24, 2.45) is 0 Å². The highest BCUT2D eigenvalue weighted by Gasteiger charge is 2.14. The summed E-state index contributed by atoms with van der Waals surface area (Å²) < 4.78 is 18.8. The van der Waals surface area contributed by atoms with Gasteiger partial charge in [-0.25, -0.2) is 9.37 Å². The number of anilines is 1. The number of amides is 1. The highest BCUT2D eigenvalue weighted by atomic mass is 32.1. The number of halogens is 1. The molecule has 0 fully saturated rings. The summed E-state index contributed by atoms with van der Waals surface area (Å²) in [7, 11) is 0. The first-order valence-corrected chi connectivity index (χ1v) is 10.2. The average Bonchev–Trinajstić information content (AvgIpc) is 3.34. The number of hydrogen-bond donors (Lipinski definition) is 1. The van der Waals surface area contributed by atoms with E-state index in [1.807, 2.05) is 38.1 Å². The largest absolute Gasteiger partial charge is 0.421 e. The van der Waals surface area contributed by atoms with Crippen LogP contribution in [0, 0.1) is 19.7 Å². The Morgan fingerprint density at radius 2 is 1.73 bits per heavy atom. The van der Waals surface area contributed by atoms with Crippen LogP contribution in [0.3, 0.4) is 0 Å². The normalized spacial score (nSPS) is 10.9. The Kier molecular flexibility index (Phi) is 5.67. The predicted molar refractivity (Wildman–Crippen MR) is 114 cm³/mol. The molecule has 6 nitrogen and oxygen atoms in total. The number of carbonyl (C=O) groups is 1. The molecule has 0 aliphatic carbocycles. The Bertz CT molecular complexity index is 1170. The number of nitrogens with one attached hydrogen (secondary N) is 1. The summed E-state index contributed by atoms with van der Waals surface area (Å²) in [5.74, 6) is 0.351. The third kappa shape index (κ3) is 4.60. The Balaban J connectivity index is 1.36. The maximum absolute atomic E-state index is 13.1. The van der Waals surface area contributed by atoms with Crippen LogP contribution >= 0.6 is 11.3 Å². The van der Waals surface area contributed by atoms with Crippen molar-refractivity contribution in [2.75, 3.05) is 5.32 Å². The molecule has 2 aromatic carbocycles. The molecule has 0 aliphatic rings. The number of thiazole rings is 1. The molecule has 8 heteroatoms. The van der Waals surface area contributed by atoms with E-state index >= 15 is 0 Å². The van der Waals surface area contributed by atoms with Gasteiger partial charge in [0.15, 0.2) is 5.13 Å². The van der Waals surface area contributed by atoms with Crippen molar-refractivity contribution in [1.82, 2.24) is 15.2 Å². The van der Waals surface area contributed by atoms with Crippen molar-refractivity contribution in [3.05, 3.63) is 70.7 Å². The lowest BCUT2D eigenvalue weighted by Gasteiger charge is -2.00. The van der Waals surface area contributed by atoms with Crippen molar-refractivity contribution < 1.29 is 13.6 Å². The van der Waals surface area contributed by atoms with E-state index < -0.39 is 0 Å². The molecule has 0 bridgehead atoms. The Hall–Kier alpha value is -3.39. The van der Waals surface area contributed by atoms with Crippen molar-refractivity contribution in [3.8, 4) is 22.7 Å². The maximum Gasteiger partial charge on any atom is 0.247 e. The highest BCUT2D eigenvalue weighted by Crippen LogP contribution is 2.30. The number of aryl methyl sites for hydroxylation is 3. The average molecular weight is 422 g/mol. The van der Waals surface area contributed by atoms with E-state index in [0.717, 1.165) is 27.3 Å². The zero-order chi connectivity index (χ0) is 21.1. The molecule has 4 aromatic rings. The molecule has 1 N–H and O–H groups in total. The molecule has 0 saturated carbocycles. The third-order valence-electron chi connectivity index (χ3n) is 4.49. The van der Waals surface area contributed by atoms with E-state index in [0.29, 0.717) is 23.3 Å². The lowest BCUT2D eigenvalue weighted by molar-refractivity contribution is -0.116. The second-order valence-corrected chi connectivity index (χ2v) is 8.05. The third-order valence-corrected chi connectivity index (χ3v) is 5.38. The first-order chi connectivity index (χ1) is 14.5. The second-order valence-electron chi connectivity index (χ2n) is 6.85. The minimum Gasteiger partial charge on any atom is -0.421 e. The van der Waals surface area contributed by atoms with Gasteiger partial charge in [0.05, 0.1) is 5.69 Å². The van der Waals surface area contributed by atoms with Crippen LogP contribution in [0.15, 0.2) is 52.9 Å². The summed E-state index contributed by atoms with van der Waals surface area (Å²) in [6.07, 6.45) is 0.528. The number of aromatic nitrogens is 3. The number of hydrogen-bond acceptors (Lipinski definition) is 6. The standard InChI is InChI=1S/C22H19FN4O2S/c1-13-3-5-16(6-4-13)21-27-26-19(29-21)12-11-18(28)24-22-25-20(14(2)30-22)15-7-9-17(23)10-8-15/h3-10H,11-12H2,1-2H3,(H,24,25,28). The van der Waals surface area contributed by atoms with Gasteiger partial charge in [-0.3, -0.25) is 4.79 Å². The highest BCUT2D eigenvalue weighted by molar-refractivity contribution is 7.16. The van der Waals surface area contributed by atoms with Crippen molar-refractivity contribution >= 4 is 22.4 Å². The summed E-state index contributed by atoms with van der Waals surface area (Å²) >= 11 is 1.38. The SMILES string of the molecule is Cc1ccc(-c2nnc(CCC(=O)Nc3nc(-c4ccc(F)cc4)c(C)s3)o2)cc1. The van der Waals surface area contributed by atoms with Gasteiger partial charge in [0, 0.05) is 28.8 Å². The van der Waals surface area contributed by atoms with Crippen LogP contribution in [-0.4, -0.2) is 21.1 Å². The van der Waals surface area contributed by atoms with E-state index in [2.05, 4.69) is 20.5 Å². The van der Waals surface area contributed by atoms with Crippen LogP contribution in [0.1, 0.15) is 22.8 Å². The van der Waals surface area contributed by atoms with Crippen LogP contribution in [0.4, 0.5) is 9.52 Å². The summed E-state index contributed by atoms with van der Waals surface area (Å²) in [6, 6.07) is 13.9. The van der Waals surface area contributed by atoms with Gasteiger partial charge < -0.3 is 9.73 Å². The molecule has 0 unspecified atom stereocenters. The van der Waals surface area contributed by atoms with E-state index in [9.17, 15) is 9.18 Å². The minimum absolute atomic E-state index is 0.190. The minimum atomic E-state index is -0.299. The number of rotatable bonds is 6. The van der Waals surface area contributed by atoms with Crippen molar-refractivity contribution in [2.45, 2.75) is 26.7 Å². The Morgan fingerprint density at radius 3 is 2.47 bits per heavy atom. The second kappa shape index (κ2) is 8.54. The van der Waals surface area contributed by atoms with Crippen LogP contribution in [0.2, 0.25) is 0 Å². The molecular formula is C22H19FN4O2S. The molecule has 0 atom stereocenters. The molecule has 0 saturated heterocycles. The summed E-state index contributed by atoms with van der Waals surface area (Å²) in [4.78, 5) is 17.7. The van der Waals surface area contributed by atoms with Crippen molar-refractivity contribution in [3.63, 3.8) is 0 Å². The van der Waals surface area contributed by atoms with Gasteiger partial charge in [-0.2, -0.15) is 0 Å². The van der Waals surface area contributed by atoms with Crippen LogP contribution in [0.5, 0.6) is 0 Å². The summed E-state index contributed by atoms with van der Waals surface area (Å²) in [5, 5.41) is 11.4. The zero-order valence-corrected chi connectivity index (χ0v) is 17.3. The zero-order valence-electron chi connectivity index (χ0n) is 16.5. The lowest BCUT2D eigenvalue weighted by Crippen LogP contribution is -2.12. The first-order valence-electron chi connectivity index (χ1n) is 9.40. The van der Waals surface area contributed by atoms with Gasteiger partial charge in [-0.1, -0.05) is 17.7 Å². The molecule has 2 heterocycles. The molecule has 2 aromatic heterocycles. The topological polar surface area (TPSA) is 80.9 Å². The molecule has 152 valence electrons. The molecule has 0 spiro atoms. The fraction of sp³-hybridized carbons (Fsp3) is 0.182. The fourth-order valence-corrected chi connectivity index (χ4v) is 3.75. The van der Waals surface area contributed by atoms with E-state index in [4.69, 9.17) is 4.42 Å². The van der Waals surface area contributed by atoms with Gasteiger partial charge in [0.1, 0.15) is 5.82 Å². The Labute approximate surface area is 176 Å². The molecule has 0 aliphatic heterocycles. The van der Waals surface area contributed by atoms with E-state index in [1.54, 1.807) is 12.1 Å². The number of nitrogens with zero attached hydrogens (tertiary/aromatic N) is 3. The Morgan fingerprint density at radius 1 is 1.03 bits per heavy atom. The fourth-order valence-electron chi connectivity index (χ4n) is 2.90. The first kappa shape index (κ1) is 19.9. The molecule has 30 heavy (non-hydrogen) atoms. The van der Waals surface area contributed by atoms with Crippen molar-refractivity contribution in [1.29, 1.82) is 0 Å². The number of carbonyl (C=O) groups excluding carboxylic acids is 1. The van der Waals surface area contributed by atoms with Gasteiger partial charge in [-0.05, 0) is 50.2 Å². The monoisotopic (exact) mass is 422 g/mol. The molecular weight excluding hydrogens is 403 g/mol. The van der Waals surface area contributed by atoms with Gasteiger partial charge in [-0.15, -0.1) is 21.5 Å². The smallest absolute Gasteiger partial charge is 0.247 e. The lowest BCUT2D eigenvalue weighted by atomic mass is 10.1. The van der Waals surface area contributed by atoms with Crippen LogP contribution < -0.4 is 5.32 Å². The molecule has 1 amide bonds. The quantitative estimate of drug-likeness (QED) is 0.463. The van der Waals surface area contributed by atoms with E-state index in [-0.39, 0.29) is 18.1 Å². The van der Waals surface area contributed by atoms with E-state index in [1.165, 1.54) is 23.5 Å². The maximum atomic E-state index is 13.1. The predicted octanol–water partition coefficient (Wildman–Crippen LogP) is 5.19. The van der Waals surface area contributed by atoms with Crippen LogP contribution in [0.25, 0.3) is 22.7 Å². The number of benzene rings is 2. The molecule has 4 rings (SSSR count). The van der Waals surface area contributed by atoms with Crippen LogP contribution in [-0.2, 0) is 11.2 Å². The van der Waals surface area contributed by atoms with Gasteiger partial charge in [0.25, 0.3) is 0 Å². The summed E-state index contributed by atoms with van der Waals surface area (Å²) in [6.45, 7) is 3.92.